The first-order valence-corrected chi connectivity index (χ1v) is 9.21. The molecular formula is C23H17ClN4. The molecule has 0 saturated carbocycles. The molecule has 5 heteroatoms. The standard InChI is InChI=1S/C23H17ClN4/c24-20-14-8-7-13-19(20)16-25-28-23-26-21(17-9-3-1-4-10-17)15-22(27-23)18-11-5-2-6-12-18/h1-16H,(H,26,27,28)/b25-16-. The van der Waals surface area contributed by atoms with Gasteiger partial charge in [0.15, 0.2) is 0 Å². The normalized spacial score (nSPS) is 10.9. The molecule has 0 spiro atoms. The molecule has 0 fully saturated rings. The molecule has 0 aliphatic rings. The Morgan fingerprint density at radius 2 is 1.25 bits per heavy atom. The van der Waals surface area contributed by atoms with Crippen molar-refractivity contribution in [3.05, 3.63) is 102 Å². The Bertz CT molecular complexity index is 1040. The summed E-state index contributed by atoms with van der Waals surface area (Å²) in [7, 11) is 0. The lowest BCUT2D eigenvalue weighted by molar-refractivity contribution is 1.13. The molecule has 0 saturated heterocycles. The van der Waals surface area contributed by atoms with Crippen LogP contribution in [0.3, 0.4) is 0 Å². The smallest absolute Gasteiger partial charge is 0.244 e. The number of benzene rings is 3. The molecule has 0 amide bonds. The van der Waals surface area contributed by atoms with Crippen molar-refractivity contribution < 1.29 is 0 Å². The summed E-state index contributed by atoms with van der Waals surface area (Å²) in [4.78, 5) is 9.23. The van der Waals surface area contributed by atoms with Gasteiger partial charge < -0.3 is 0 Å². The van der Waals surface area contributed by atoms with Gasteiger partial charge in [-0.05, 0) is 12.1 Å². The fourth-order valence-corrected chi connectivity index (χ4v) is 2.93. The van der Waals surface area contributed by atoms with Gasteiger partial charge in [-0.3, -0.25) is 0 Å². The number of nitrogens with zero attached hydrogens (tertiary/aromatic N) is 3. The van der Waals surface area contributed by atoms with E-state index in [0.717, 1.165) is 28.1 Å². The Labute approximate surface area is 168 Å². The van der Waals surface area contributed by atoms with E-state index in [-0.39, 0.29) is 0 Å². The average molecular weight is 385 g/mol. The van der Waals surface area contributed by atoms with E-state index in [1.807, 2.05) is 91.0 Å². The Morgan fingerprint density at radius 1 is 0.714 bits per heavy atom. The van der Waals surface area contributed by atoms with Gasteiger partial charge in [-0.2, -0.15) is 5.10 Å². The summed E-state index contributed by atoms with van der Waals surface area (Å²) < 4.78 is 0. The zero-order valence-corrected chi connectivity index (χ0v) is 15.7. The van der Waals surface area contributed by atoms with Crippen LogP contribution in [0.5, 0.6) is 0 Å². The lowest BCUT2D eigenvalue weighted by Gasteiger charge is -2.08. The molecule has 1 heterocycles. The Morgan fingerprint density at radius 3 is 1.82 bits per heavy atom. The summed E-state index contributed by atoms with van der Waals surface area (Å²) in [5, 5.41) is 4.89. The molecule has 4 aromatic rings. The van der Waals surface area contributed by atoms with Gasteiger partial charge in [0.1, 0.15) is 0 Å². The molecular weight excluding hydrogens is 368 g/mol. The van der Waals surface area contributed by atoms with Gasteiger partial charge in [0.2, 0.25) is 5.95 Å². The fraction of sp³-hybridized carbons (Fsp3) is 0. The first-order valence-electron chi connectivity index (χ1n) is 8.83. The van der Waals surface area contributed by atoms with Crippen molar-refractivity contribution in [3.8, 4) is 22.5 Å². The lowest BCUT2D eigenvalue weighted by Crippen LogP contribution is -2.00. The summed E-state index contributed by atoms with van der Waals surface area (Å²) in [5.74, 6) is 0.420. The largest absolute Gasteiger partial charge is 0.245 e. The van der Waals surface area contributed by atoms with E-state index < -0.39 is 0 Å². The second kappa shape index (κ2) is 8.46. The van der Waals surface area contributed by atoms with Crippen molar-refractivity contribution in [2.45, 2.75) is 0 Å². The Hall–Kier alpha value is -3.50. The SMILES string of the molecule is Clc1ccccc1/C=N\Nc1nc(-c2ccccc2)cc(-c2ccccc2)n1. The Kier molecular flexibility index (Phi) is 5.41. The number of hydrazone groups is 1. The highest BCUT2D eigenvalue weighted by atomic mass is 35.5. The summed E-state index contributed by atoms with van der Waals surface area (Å²) in [6.07, 6.45) is 1.66. The minimum absolute atomic E-state index is 0.420. The Balaban J connectivity index is 1.69. The highest BCUT2D eigenvalue weighted by molar-refractivity contribution is 6.33. The molecule has 0 bridgehead atoms. The van der Waals surface area contributed by atoms with Crippen LogP contribution >= 0.6 is 11.6 Å². The maximum absolute atomic E-state index is 6.17. The van der Waals surface area contributed by atoms with Gasteiger partial charge >= 0.3 is 0 Å². The second-order valence-electron chi connectivity index (χ2n) is 6.09. The molecule has 136 valence electrons. The molecule has 4 nitrogen and oxygen atoms in total. The van der Waals surface area contributed by atoms with Crippen LogP contribution in [0, 0.1) is 0 Å². The number of nitrogens with one attached hydrogen (secondary N) is 1. The van der Waals surface area contributed by atoms with Crippen molar-refractivity contribution in [1.82, 2.24) is 9.97 Å². The number of hydrogen-bond acceptors (Lipinski definition) is 4. The van der Waals surface area contributed by atoms with E-state index in [4.69, 9.17) is 11.6 Å². The first-order chi connectivity index (χ1) is 13.8. The molecule has 28 heavy (non-hydrogen) atoms. The number of halogens is 1. The topological polar surface area (TPSA) is 50.2 Å². The third-order valence-electron chi connectivity index (χ3n) is 4.14. The number of aromatic nitrogens is 2. The average Bonchev–Trinajstić information content (AvgIpc) is 2.76. The van der Waals surface area contributed by atoms with Gasteiger partial charge in [-0.25, -0.2) is 15.4 Å². The summed E-state index contributed by atoms with van der Waals surface area (Å²) in [6.45, 7) is 0. The van der Waals surface area contributed by atoms with Gasteiger partial charge in [0.05, 0.1) is 17.6 Å². The van der Waals surface area contributed by atoms with Crippen molar-refractivity contribution in [1.29, 1.82) is 0 Å². The third kappa shape index (κ3) is 4.24. The fourth-order valence-electron chi connectivity index (χ4n) is 2.75. The zero-order valence-electron chi connectivity index (χ0n) is 15.0. The van der Waals surface area contributed by atoms with E-state index in [1.165, 1.54) is 0 Å². The number of rotatable bonds is 5. The first kappa shape index (κ1) is 17.9. The highest BCUT2D eigenvalue weighted by Crippen LogP contribution is 2.25. The van der Waals surface area contributed by atoms with Crippen LogP contribution in [0.25, 0.3) is 22.5 Å². The second-order valence-corrected chi connectivity index (χ2v) is 6.49. The zero-order chi connectivity index (χ0) is 19.2. The molecule has 1 aromatic heterocycles. The molecule has 0 atom stereocenters. The minimum Gasteiger partial charge on any atom is -0.245 e. The molecule has 0 unspecified atom stereocenters. The molecule has 0 aliphatic carbocycles. The van der Waals surface area contributed by atoms with Crippen molar-refractivity contribution in [2.24, 2.45) is 5.10 Å². The van der Waals surface area contributed by atoms with Crippen LogP contribution in [0.1, 0.15) is 5.56 Å². The van der Waals surface area contributed by atoms with Crippen LogP contribution in [-0.2, 0) is 0 Å². The maximum Gasteiger partial charge on any atom is 0.244 e. The molecule has 3 aromatic carbocycles. The van der Waals surface area contributed by atoms with Crippen LogP contribution in [0.4, 0.5) is 5.95 Å². The summed E-state index contributed by atoms with van der Waals surface area (Å²) in [6, 6.07) is 29.5. The maximum atomic E-state index is 6.17. The van der Waals surface area contributed by atoms with Crippen LogP contribution < -0.4 is 5.43 Å². The van der Waals surface area contributed by atoms with Gasteiger partial charge in [-0.15, -0.1) is 0 Å². The van der Waals surface area contributed by atoms with E-state index in [0.29, 0.717) is 11.0 Å². The van der Waals surface area contributed by atoms with Crippen LogP contribution in [-0.4, -0.2) is 16.2 Å². The molecule has 4 rings (SSSR count). The third-order valence-corrected chi connectivity index (χ3v) is 4.48. The van der Waals surface area contributed by atoms with Crippen molar-refractivity contribution in [3.63, 3.8) is 0 Å². The highest BCUT2D eigenvalue weighted by Gasteiger charge is 2.08. The molecule has 1 N–H and O–H groups in total. The van der Waals surface area contributed by atoms with Crippen molar-refractivity contribution >= 4 is 23.8 Å². The summed E-state index contributed by atoms with van der Waals surface area (Å²) in [5.41, 5.74) is 7.42. The van der Waals surface area contributed by atoms with Gasteiger partial charge in [-0.1, -0.05) is 90.5 Å². The van der Waals surface area contributed by atoms with Crippen LogP contribution in [0.2, 0.25) is 5.02 Å². The van der Waals surface area contributed by atoms with Gasteiger partial charge in [0, 0.05) is 21.7 Å². The van der Waals surface area contributed by atoms with Crippen LogP contribution in [0.15, 0.2) is 96.1 Å². The van der Waals surface area contributed by atoms with Gasteiger partial charge in [0.25, 0.3) is 0 Å². The predicted molar refractivity (Wildman–Crippen MR) is 116 cm³/mol. The van der Waals surface area contributed by atoms with Crippen molar-refractivity contribution in [2.75, 3.05) is 5.43 Å². The molecule has 0 radical (unpaired) electrons. The molecule has 0 aliphatic heterocycles. The van der Waals surface area contributed by atoms with E-state index in [9.17, 15) is 0 Å². The minimum atomic E-state index is 0.420. The van der Waals surface area contributed by atoms with E-state index in [2.05, 4.69) is 20.5 Å². The van der Waals surface area contributed by atoms with E-state index >= 15 is 0 Å². The lowest BCUT2D eigenvalue weighted by atomic mass is 10.1. The quantitative estimate of drug-likeness (QED) is 0.343. The number of anilines is 1. The summed E-state index contributed by atoms with van der Waals surface area (Å²) >= 11 is 6.17. The monoisotopic (exact) mass is 384 g/mol. The predicted octanol–water partition coefficient (Wildman–Crippen LogP) is 5.91. The number of hydrogen-bond donors (Lipinski definition) is 1. The van der Waals surface area contributed by atoms with E-state index in [1.54, 1.807) is 6.21 Å².